The number of nitrogens with zero attached hydrogens (tertiary/aromatic N) is 4. The quantitative estimate of drug-likeness (QED) is 0.731. The average molecular weight is 360 g/mol. The highest BCUT2D eigenvalue weighted by atomic mass is 35.5. The number of aromatic amines is 1. The summed E-state index contributed by atoms with van der Waals surface area (Å²) < 4.78 is 2.09. The number of carbonyl (C=O) groups excluding carboxylic acids is 1. The predicted octanol–water partition coefficient (Wildman–Crippen LogP) is 0.294. The Labute approximate surface area is 145 Å². The van der Waals surface area contributed by atoms with Gasteiger partial charge in [-0.25, -0.2) is 4.98 Å². The molecule has 1 atom stereocenters. The maximum Gasteiger partial charge on any atom is 0.243 e. The molecule has 0 saturated carbocycles. The summed E-state index contributed by atoms with van der Waals surface area (Å²) in [5.41, 5.74) is 1.84. The van der Waals surface area contributed by atoms with Gasteiger partial charge in [-0.3, -0.25) is 4.79 Å². The summed E-state index contributed by atoms with van der Waals surface area (Å²) in [5, 5.41) is 14.4. The van der Waals surface area contributed by atoms with Crippen molar-refractivity contribution < 1.29 is 4.79 Å². The molecule has 2 aromatic heterocycles. The summed E-state index contributed by atoms with van der Waals surface area (Å²) in [6.45, 7) is 2.12. The molecule has 0 aliphatic carbocycles. The van der Waals surface area contributed by atoms with Crippen LogP contribution in [0.3, 0.4) is 0 Å². The Bertz CT molecular complexity index is 684. The summed E-state index contributed by atoms with van der Waals surface area (Å²) in [7, 11) is 0. The van der Waals surface area contributed by atoms with E-state index in [0.717, 1.165) is 55.4 Å². The van der Waals surface area contributed by atoms with Crippen LogP contribution in [0.15, 0.2) is 6.33 Å². The maximum atomic E-state index is 12.4. The average Bonchev–Trinajstić information content (AvgIpc) is 3.20. The van der Waals surface area contributed by atoms with E-state index in [1.165, 1.54) is 0 Å². The lowest BCUT2D eigenvalue weighted by atomic mass is 10.1. The fraction of sp³-hybridized carbons (Fsp3) is 0.538. The first-order valence-corrected chi connectivity index (χ1v) is 7.27. The van der Waals surface area contributed by atoms with Gasteiger partial charge in [-0.1, -0.05) is 0 Å². The van der Waals surface area contributed by atoms with Gasteiger partial charge in [0.05, 0.1) is 18.6 Å². The molecule has 0 radical (unpaired) electrons. The molecule has 1 amide bonds. The normalized spacial score (nSPS) is 18.3. The highest BCUT2D eigenvalue weighted by Gasteiger charge is 2.28. The number of amides is 1. The number of halogens is 2. The zero-order chi connectivity index (χ0) is 14.2. The van der Waals surface area contributed by atoms with Gasteiger partial charge < -0.3 is 20.2 Å². The zero-order valence-corrected chi connectivity index (χ0v) is 14.0. The molecule has 0 saturated heterocycles. The van der Waals surface area contributed by atoms with E-state index in [0.29, 0.717) is 6.54 Å². The van der Waals surface area contributed by atoms with Gasteiger partial charge in [0.25, 0.3) is 0 Å². The van der Waals surface area contributed by atoms with E-state index in [9.17, 15) is 4.79 Å². The standard InChI is InChI=1S/C13H17N7O.2ClH/c21-13(12-11-8(3-4-14-12)16-7-17-11)15-6-10-19-18-9-2-1-5-20(9)10;;/h7,12,14H,1-6H2,(H,15,21)(H,16,17);2*1H. The molecule has 0 bridgehead atoms. The van der Waals surface area contributed by atoms with Crippen LogP contribution in [0.4, 0.5) is 0 Å². The van der Waals surface area contributed by atoms with Crippen LogP contribution in [0, 0.1) is 0 Å². The van der Waals surface area contributed by atoms with E-state index < -0.39 is 0 Å². The number of fused-ring (bicyclic) bond motifs is 2. The van der Waals surface area contributed by atoms with Gasteiger partial charge in [0.15, 0.2) is 5.82 Å². The van der Waals surface area contributed by atoms with E-state index in [1.807, 2.05) is 0 Å². The minimum absolute atomic E-state index is 0. The monoisotopic (exact) mass is 359 g/mol. The second-order valence-corrected chi connectivity index (χ2v) is 5.41. The van der Waals surface area contributed by atoms with Gasteiger partial charge in [0.2, 0.25) is 5.91 Å². The summed E-state index contributed by atoms with van der Waals surface area (Å²) in [4.78, 5) is 19.7. The third-order valence-electron chi connectivity index (χ3n) is 4.12. The number of H-pyrrole nitrogens is 1. The smallest absolute Gasteiger partial charge is 0.243 e. The molecule has 1 unspecified atom stereocenters. The van der Waals surface area contributed by atoms with Gasteiger partial charge in [-0.2, -0.15) is 0 Å². The Morgan fingerprint density at radius 2 is 2.22 bits per heavy atom. The first-order chi connectivity index (χ1) is 10.3. The number of hydrogen-bond donors (Lipinski definition) is 3. The molecule has 10 heteroatoms. The molecular weight excluding hydrogens is 341 g/mol. The Morgan fingerprint density at radius 1 is 1.35 bits per heavy atom. The fourth-order valence-electron chi connectivity index (χ4n) is 3.05. The van der Waals surface area contributed by atoms with E-state index in [4.69, 9.17) is 0 Å². The highest BCUT2D eigenvalue weighted by Crippen LogP contribution is 2.19. The lowest BCUT2D eigenvalue weighted by molar-refractivity contribution is -0.123. The molecular formula is C13H19Cl2N7O. The number of nitrogens with one attached hydrogen (secondary N) is 3. The molecule has 4 heterocycles. The third kappa shape index (κ3) is 3.19. The Hall–Kier alpha value is -1.64. The van der Waals surface area contributed by atoms with Crippen LogP contribution >= 0.6 is 24.8 Å². The van der Waals surface area contributed by atoms with Crippen LogP contribution in [0.25, 0.3) is 0 Å². The molecule has 126 valence electrons. The van der Waals surface area contributed by atoms with Gasteiger partial charge in [0.1, 0.15) is 11.9 Å². The van der Waals surface area contributed by atoms with Crippen molar-refractivity contribution in [1.29, 1.82) is 0 Å². The largest absolute Gasteiger partial charge is 0.348 e. The number of imidazole rings is 1. The number of aromatic nitrogens is 5. The highest BCUT2D eigenvalue weighted by molar-refractivity contribution is 5.85. The van der Waals surface area contributed by atoms with E-state index in [2.05, 4.69) is 35.4 Å². The van der Waals surface area contributed by atoms with Crippen molar-refractivity contribution in [3.63, 3.8) is 0 Å². The van der Waals surface area contributed by atoms with E-state index in [-0.39, 0.29) is 36.8 Å². The number of rotatable bonds is 3. The van der Waals surface area contributed by atoms with Gasteiger partial charge in [-0.15, -0.1) is 35.0 Å². The van der Waals surface area contributed by atoms with Crippen molar-refractivity contribution in [2.45, 2.75) is 38.4 Å². The SMILES string of the molecule is Cl.Cl.O=C(NCc1nnc2n1CCC2)C1NCCc2[nH]cnc21. The molecule has 3 N–H and O–H groups in total. The van der Waals surface area contributed by atoms with E-state index >= 15 is 0 Å². The first kappa shape index (κ1) is 17.7. The van der Waals surface area contributed by atoms with Crippen molar-refractivity contribution in [3.8, 4) is 0 Å². The minimum Gasteiger partial charge on any atom is -0.348 e. The topological polar surface area (TPSA) is 101 Å². The van der Waals surface area contributed by atoms with Crippen molar-refractivity contribution in [2.75, 3.05) is 6.54 Å². The lowest BCUT2D eigenvalue weighted by Crippen LogP contribution is -2.41. The van der Waals surface area contributed by atoms with Crippen molar-refractivity contribution in [1.82, 2.24) is 35.4 Å². The number of carbonyl (C=O) groups is 1. The summed E-state index contributed by atoms with van der Waals surface area (Å²) in [6.07, 6.45) is 4.59. The third-order valence-corrected chi connectivity index (χ3v) is 4.12. The molecule has 2 aliphatic heterocycles. The Kier molecular flexibility index (Phi) is 5.61. The van der Waals surface area contributed by atoms with Gasteiger partial charge >= 0.3 is 0 Å². The molecule has 0 spiro atoms. The molecule has 0 aromatic carbocycles. The fourth-order valence-corrected chi connectivity index (χ4v) is 3.05. The van der Waals surface area contributed by atoms with Crippen molar-refractivity contribution in [3.05, 3.63) is 29.4 Å². The van der Waals surface area contributed by atoms with E-state index in [1.54, 1.807) is 6.33 Å². The maximum absolute atomic E-state index is 12.4. The molecule has 2 aliphatic rings. The van der Waals surface area contributed by atoms with Gasteiger partial charge in [0, 0.05) is 31.6 Å². The van der Waals surface area contributed by atoms with Crippen LogP contribution in [-0.2, 0) is 30.7 Å². The van der Waals surface area contributed by atoms with Crippen LogP contribution in [0.2, 0.25) is 0 Å². The van der Waals surface area contributed by atoms with Crippen LogP contribution in [0.1, 0.15) is 35.5 Å². The first-order valence-electron chi connectivity index (χ1n) is 7.27. The molecule has 8 nitrogen and oxygen atoms in total. The Balaban J connectivity index is 0.000000960. The summed E-state index contributed by atoms with van der Waals surface area (Å²) in [5.74, 6) is 1.77. The Morgan fingerprint density at radius 3 is 3.09 bits per heavy atom. The molecule has 0 fully saturated rings. The lowest BCUT2D eigenvalue weighted by Gasteiger charge is -2.22. The second-order valence-electron chi connectivity index (χ2n) is 5.41. The number of hydrogen-bond acceptors (Lipinski definition) is 5. The van der Waals surface area contributed by atoms with Crippen molar-refractivity contribution in [2.24, 2.45) is 0 Å². The molecule has 23 heavy (non-hydrogen) atoms. The van der Waals surface area contributed by atoms with Crippen LogP contribution < -0.4 is 10.6 Å². The summed E-state index contributed by atoms with van der Waals surface area (Å²) >= 11 is 0. The summed E-state index contributed by atoms with van der Waals surface area (Å²) in [6, 6.07) is -0.388. The van der Waals surface area contributed by atoms with Gasteiger partial charge in [-0.05, 0) is 6.42 Å². The predicted molar refractivity (Wildman–Crippen MR) is 87.7 cm³/mol. The number of aryl methyl sites for hydroxylation is 1. The second kappa shape index (κ2) is 7.29. The zero-order valence-electron chi connectivity index (χ0n) is 12.4. The molecule has 2 aromatic rings. The van der Waals surface area contributed by atoms with Crippen LogP contribution in [-0.4, -0.2) is 37.2 Å². The minimum atomic E-state index is -0.388. The van der Waals surface area contributed by atoms with Crippen molar-refractivity contribution >= 4 is 30.7 Å². The molecule has 4 rings (SSSR count). The van der Waals surface area contributed by atoms with Crippen LogP contribution in [0.5, 0.6) is 0 Å².